The molecular formula is C12H20N2O2. The van der Waals surface area contributed by atoms with Gasteiger partial charge in [-0.15, -0.1) is 0 Å². The highest BCUT2D eigenvalue weighted by molar-refractivity contribution is 5.04. The van der Waals surface area contributed by atoms with Crippen LogP contribution in [0.15, 0.2) is 10.8 Å². The van der Waals surface area contributed by atoms with Crippen LogP contribution >= 0.6 is 0 Å². The molecule has 1 aromatic heterocycles. The normalized spacial score (nSPS) is 23.2. The van der Waals surface area contributed by atoms with Crippen LogP contribution in [0.4, 0.5) is 0 Å². The van der Waals surface area contributed by atoms with Gasteiger partial charge >= 0.3 is 0 Å². The van der Waals surface area contributed by atoms with Crippen molar-refractivity contribution in [1.29, 1.82) is 0 Å². The molecule has 0 bridgehead atoms. The van der Waals surface area contributed by atoms with Gasteiger partial charge in [-0.3, -0.25) is 4.90 Å². The Morgan fingerprint density at radius 2 is 2.38 bits per heavy atom. The number of nitrogens with zero attached hydrogens (tertiary/aromatic N) is 2. The molecule has 1 aliphatic heterocycles. The van der Waals surface area contributed by atoms with Gasteiger partial charge < -0.3 is 9.52 Å². The van der Waals surface area contributed by atoms with Crippen LogP contribution in [0.3, 0.4) is 0 Å². The first-order valence-electron chi connectivity index (χ1n) is 6.05. The van der Waals surface area contributed by atoms with Gasteiger partial charge in [0.05, 0.1) is 12.3 Å². The van der Waals surface area contributed by atoms with E-state index in [0.717, 1.165) is 31.0 Å². The molecule has 1 atom stereocenters. The molecule has 4 heteroatoms. The third-order valence-corrected chi connectivity index (χ3v) is 3.41. The molecule has 1 aromatic rings. The molecule has 0 saturated carbocycles. The minimum atomic E-state index is 0.247. The predicted molar refractivity (Wildman–Crippen MR) is 61.0 cm³/mol. The average molecular weight is 224 g/mol. The largest absolute Gasteiger partial charge is 0.448 e. The summed E-state index contributed by atoms with van der Waals surface area (Å²) in [5.74, 6) is 0.890. The topological polar surface area (TPSA) is 49.5 Å². The summed E-state index contributed by atoms with van der Waals surface area (Å²) in [5, 5.41) is 9.40. The van der Waals surface area contributed by atoms with Crippen molar-refractivity contribution in [2.45, 2.75) is 45.2 Å². The second kappa shape index (κ2) is 5.46. The number of hydrogen-bond acceptors (Lipinski definition) is 4. The van der Waals surface area contributed by atoms with Gasteiger partial charge in [-0.25, -0.2) is 4.98 Å². The SMILES string of the molecule is Cc1ocnc1CN1CCCCCC1CO. The Morgan fingerprint density at radius 1 is 1.50 bits per heavy atom. The molecule has 0 radical (unpaired) electrons. The van der Waals surface area contributed by atoms with E-state index in [4.69, 9.17) is 4.42 Å². The van der Waals surface area contributed by atoms with E-state index < -0.39 is 0 Å². The van der Waals surface area contributed by atoms with E-state index >= 15 is 0 Å². The van der Waals surface area contributed by atoms with Gasteiger partial charge in [0.2, 0.25) is 0 Å². The zero-order valence-corrected chi connectivity index (χ0v) is 9.85. The van der Waals surface area contributed by atoms with Gasteiger partial charge in [-0.1, -0.05) is 12.8 Å². The van der Waals surface area contributed by atoms with Crippen molar-refractivity contribution in [2.75, 3.05) is 13.2 Å². The Morgan fingerprint density at radius 3 is 3.06 bits per heavy atom. The highest BCUT2D eigenvalue weighted by Gasteiger charge is 2.21. The first kappa shape index (κ1) is 11.6. The van der Waals surface area contributed by atoms with Crippen LogP contribution in [0.1, 0.15) is 37.1 Å². The van der Waals surface area contributed by atoms with Crippen molar-refractivity contribution in [2.24, 2.45) is 0 Å². The lowest BCUT2D eigenvalue weighted by Gasteiger charge is -2.27. The molecule has 2 heterocycles. The standard InChI is InChI=1S/C12H20N2O2/c1-10-12(13-9-16-10)7-14-6-4-2-3-5-11(14)8-15/h9,11,15H,2-8H2,1H3. The maximum absolute atomic E-state index is 9.40. The van der Waals surface area contributed by atoms with Gasteiger partial charge in [0.15, 0.2) is 6.39 Å². The number of aliphatic hydroxyl groups excluding tert-OH is 1. The van der Waals surface area contributed by atoms with E-state index in [1.54, 1.807) is 0 Å². The molecule has 1 unspecified atom stereocenters. The minimum Gasteiger partial charge on any atom is -0.448 e. The van der Waals surface area contributed by atoms with Gasteiger partial charge in [-0.2, -0.15) is 0 Å². The summed E-state index contributed by atoms with van der Waals surface area (Å²) in [7, 11) is 0. The second-order valence-electron chi connectivity index (χ2n) is 4.51. The van der Waals surface area contributed by atoms with E-state index in [-0.39, 0.29) is 6.61 Å². The number of aromatic nitrogens is 1. The fraction of sp³-hybridized carbons (Fsp3) is 0.750. The average Bonchev–Trinajstić information content (AvgIpc) is 2.56. The van der Waals surface area contributed by atoms with Crippen LogP contribution in [0.25, 0.3) is 0 Å². The summed E-state index contributed by atoms with van der Waals surface area (Å²) >= 11 is 0. The quantitative estimate of drug-likeness (QED) is 0.849. The third-order valence-electron chi connectivity index (χ3n) is 3.41. The molecule has 1 saturated heterocycles. The second-order valence-corrected chi connectivity index (χ2v) is 4.51. The number of aliphatic hydroxyl groups is 1. The Bertz CT molecular complexity index is 325. The molecular weight excluding hydrogens is 204 g/mol. The molecule has 1 N–H and O–H groups in total. The fourth-order valence-corrected chi connectivity index (χ4v) is 2.32. The number of aryl methyl sites for hydroxylation is 1. The summed E-state index contributed by atoms with van der Waals surface area (Å²) in [6.07, 6.45) is 6.29. The van der Waals surface area contributed by atoms with Crippen molar-refractivity contribution in [3.63, 3.8) is 0 Å². The highest BCUT2D eigenvalue weighted by Crippen LogP contribution is 2.19. The van der Waals surface area contributed by atoms with Gasteiger partial charge in [-0.05, 0) is 26.3 Å². The predicted octanol–water partition coefficient (Wildman–Crippen LogP) is 1.72. The van der Waals surface area contributed by atoms with E-state index in [1.807, 2.05) is 6.92 Å². The van der Waals surface area contributed by atoms with Gasteiger partial charge in [0, 0.05) is 12.6 Å². The van der Waals surface area contributed by atoms with Crippen LogP contribution in [0, 0.1) is 6.92 Å². The summed E-state index contributed by atoms with van der Waals surface area (Å²) in [4.78, 5) is 6.55. The Kier molecular flexibility index (Phi) is 3.96. The lowest BCUT2D eigenvalue weighted by molar-refractivity contribution is 0.117. The number of oxazole rings is 1. The molecule has 2 rings (SSSR count). The molecule has 1 aliphatic rings. The van der Waals surface area contributed by atoms with Gasteiger partial charge in [0.1, 0.15) is 5.76 Å². The zero-order valence-electron chi connectivity index (χ0n) is 9.85. The Labute approximate surface area is 96.3 Å². The van der Waals surface area contributed by atoms with Crippen molar-refractivity contribution < 1.29 is 9.52 Å². The van der Waals surface area contributed by atoms with E-state index in [2.05, 4.69) is 9.88 Å². The van der Waals surface area contributed by atoms with Crippen molar-refractivity contribution >= 4 is 0 Å². The number of hydrogen-bond donors (Lipinski definition) is 1. The molecule has 1 fully saturated rings. The molecule has 16 heavy (non-hydrogen) atoms. The van der Waals surface area contributed by atoms with Crippen molar-refractivity contribution in [1.82, 2.24) is 9.88 Å². The molecule has 90 valence electrons. The summed E-state index contributed by atoms with van der Waals surface area (Å²) in [6, 6.07) is 0.290. The van der Waals surface area contributed by atoms with Crippen LogP contribution < -0.4 is 0 Å². The van der Waals surface area contributed by atoms with Crippen LogP contribution in [0.2, 0.25) is 0 Å². The van der Waals surface area contributed by atoms with Crippen LogP contribution in [-0.4, -0.2) is 34.2 Å². The number of likely N-dealkylation sites (tertiary alicyclic amines) is 1. The van der Waals surface area contributed by atoms with Crippen LogP contribution in [-0.2, 0) is 6.54 Å². The molecule has 0 aliphatic carbocycles. The Balaban J connectivity index is 2.03. The summed E-state index contributed by atoms with van der Waals surface area (Å²) in [6.45, 7) is 4.04. The molecule has 0 aromatic carbocycles. The molecule has 0 amide bonds. The minimum absolute atomic E-state index is 0.247. The maximum Gasteiger partial charge on any atom is 0.181 e. The summed E-state index contributed by atoms with van der Waals surface area (Å²) < 4.78 is 5.21. The van der Waals surface area contributed by atoms with Crippen molar-refractivity contribution in [3.05, 3.63) is 17.8 Å². The van der Waals surface area contributed by atoms with Crippen LogP contribution in [0.5, 0.6) is 0 Å². The van der Waals surface area contributed by atoms with Gasteiger partial charge in [0.25, 0.3) is 0 Å². The van der Waals surface area contributed by atoms with E-state index in [9.17, 15) is 5.11 Å². The number of rotatable bonds is 3. The lowest BCUT2D eigenvalue weighted by Crippen LogP contribution is -2.37. The first-order valence-corrected chi connectivity index (χ1v) is 6.05. The first-order chi connectivity index (χ1) is 7.81. The fourth-order valence-electron chi connectivity index (χ4n) is 2.32. The van der Waals surface area contributed by atoms with E-state index in [0.29, 0.717) is 6.04 Å². The van der Waals surface area contributed by atoms with Crippen molar-refractivity contribution in [3.8, 4) is 0 Å². The summed E-state index contributed by atoms with van der Waals surface area (Å²) in [5.41, 5.74) is 1.00. The highest BCUT2D eigenvalue weighted by atomic mass is 16.3. The monoisotopic (exact) mass is 224 g/mol. The lowest BCUT2D eigenvalue weighted by atomic mass is 10.1. The maximum atomic E-state index is 9.40. The Hall–Kier alpha value is -0.870. The third kappa shape index (κ3) is 2.62. The zero-order chi connectivity index (χ0) is 11.4. The van der Waals surface area contributed by atoms with E-state index in [1.165, 1.54) is 25.7 Å². The smallest absolute Gasteiger partial charge is 0.181 e. The molecule has 0 spiro atoms. The molecule has 4 nitrogen and oxygen atoms in total.